The molecule has 4 nitrogen and oxygen atoms in total. The van der Waals surface area contributed by atoms with Crippen LogP contribution in [0.15, 0.2) is 24.5 Å². The first-order valence-corrected chi connectivity index (χ1v) is 6.23. The lowest BCUT2D eigenvalue weighted by atomic mass is 10.2. The highest BCUT2D eigenvalue weighted by molar-refractivity contribution is 5.77. The van der Waals surface area contributed by atoms with E-state index in [9.17, 15) is 4.79 Å². The molecule has 0 atom stereocenters. The van der Waals surface area contributed by atoms with Crippen molar-refractivity contribution in [3.05, 3.63) is 30.1 Å². The number of pyridine rings is 1. The molecule has 1 fully saturated rings. The van der Waals surface area contributed by atoms with Crippen molar-refractivity contribution < 1.29 is 4.79 Å². The van der Waals surface area contributed by atoms with E-state index in [1.807, 2.05) is 17.0 Å². The average molecular weight is 233 g/mol. The molecular weight excluding hydrogens is 214 g/mol. The minimum Gasteiger partial charge on any atom is -0.343 e. The topological polar surface area (TPSA) is 45.2 Å². The van der Waals surface area contributed by atoms with Crippen LogP contribution in [0.5, 0.6) is 0 Å². The summed E-state index contributed by atoms with van der Waals surface area (Å²) in [4.78, 5) is 17.3. The number of likely N-dealkylation sites (tertiary alicyclic amines) is 1. The normalized spacial score (nSPS) is 15.5. The third-order valence-electron chi connectivity index (χ3n) is 3.03. The Labute approximate surface area is 102 Å². The number of aromatic nitrogens is 1. The monoisotopic (exact) mass is 233 g/mol. The minimum atomic E-state index is 0.319. The van der Waals surface area contributed by atoms with Gasteiger partial charge in [0.15, 0.2) is 0 Å². The molecular formula is C13H19N3O. The maximum atomic E-state index is 11.4. The zero-order valence-electron chi connectivity index (χ0n) is 10.1. The molecule has 2 heterocycles. The van der Waals surface area contributed by atoms with Gasteiger partial charge in [-0.2, -0.15) is 0 Å². The second-order valence-corrected chi connectivity index (χ2v) is 4.37. The summed E-state index contributed by atoms with van der Waals surface area (Å²) in [6.45, 7) is 3.66. The third kappa shape index (κ3) is 3.82. The summed E-state index contributed by atoms with van der Waals surface area (Å²) in [5.41, 5.74) is 1.25. The molecule has 1 aromatic heterocycles. The summed E-state index contributed by atoms with van der Waals surface area (Å²) in [6.07, 6.45) is 6.41. The Morgan fingerprint density at radius 1 is 1.35 bits per heavy atom. The summed E-state index contributed by atoms with van der Waals surface area (Å²) in [5.74, 6) is 0.319. The maximum absolute atomic E-state index is 11.4. The highest BCUT2D eigenvalue weighted by Crippen LogP contribution is 2.09. The molecule has 0 bridgehead atoms. The Balaban J connectivity index is 1.56. The largest absolute Gasteiger partial charge is 0.343 e. The molecule has 2 rings (SSSR count). The molecule has 0 unspecified atom stereocenters. The van der Waals surface area contributed by atoms with Crippen molar-refractivity contribution in [2.24, 2.45) is 0 Å². The zero-order chi connectivity index (χ0) is 11.9. The Hall–Kier alpha value is -1.42. The van der Waals surface area contributed by atoms with Gasteiger partial charge in [-0.05, 0) is 37.1 Å². The fourth-order valence-corrected chi connectivity index (χ4v) is 2.07. The summed E-state index contributed by atoms with van der Waals surface area (Å²) in [5, 5.41) is 3.37. The Bertz CT molecular complexity index is 353. The van der Waals surface area contributed by atoms with Gasteiger partial charge in [0, 0.05) is 38.4 Å². The maximum Gasteiger partial charge on any atom is 0.222 e. The van der Waals surface area contributed by atoms with Crippen LogP contribution >= 0.6 is 0 Å². The fraction of sp³-hybridized carbons (Fsp3) is 0.538. The molecule has 1 aliphatic heterocycles. The van der Waals surface area contributed by atoms with Gasteiger partial charge in [0.25, 0.3) is 0 Å². The Kier molecular flexibility index (Phi) is 4.50. The summed E-state index contributed by atoms with van der Waals surface area (Å²) in [6, 6.07) is 4.02. The second kappa shape index (κ2) is 6.35. The Morgan fingerprint density at radius 3 is 2.88 bits per heavy atom. The molecule has 1 aliphatic rings. The molecule has 92 valence electrons. The van der Waals surface area contributed by atoms with Gasteiger partial charge < -0.3 is 10.2 Å². The minimum absolute atomic E-state index is 0.319. The van der Waals surface area contributed by atoms with Gasteiger partial charge in [0.05, 0.1) is 0 Å². The standard InChI is InChI=1S/C13H19N3O/c17-13-3-1-9-16(13)10-2-6-15-11-12-4-7-14-8-5-12/h4-5,7-8,15H,1-3,6,9-11H2. The van der Waals surface area contributed by atoms with Crippen LogP contribution in [0.25, 0.3) is 0 Å². The molecule has 1 saturated heterocycles. The highest BCUT2D eigenvalue weighted by atomic mass is 16.2. The SMILES string of the molecule is O=C1CCCN1CCCNCc1ccncc1. The molecule has 4 heteroatoms. The first kappa shape index (κ1) is 12.0. The highest BCUT2D eigenvalue weighted by Gasteiger charge is 2.18. The van der Waals surface area contributed by atoms with Crippen LogP contribution in [0.4, 0.5) is 0 Å². The summed E-state index contributed by atoms with van der Waals surface area (Å²) in [7, 11) is 0. The van der Waals surface area contributed by atoms with Crippen molar-refractivity contribution in [3.63, 3.8) is 0 Å². The number of hydrogen-bond donors (Lipinski definition) is 1. The molecule has 1 amide bonds. The first-order valence-electron chi connectivity index (χ1n) is 6.23. The summed E-state index contributed by atoms with van der Waals surface area (Å²) >= 11 is 0. The van der Waals surface area contributed by atoms with E-state index in [0.717, 1.165) is 45.4 Å². The van der Waals surface area contributed by atoms with Gasteiger partial charge >= 0.3 is 0 Å². The van der Waals surface area contributed by atoms with E-state index in [4.69, 9.17) is 0 Å². The van der Waals surface area contributed by atoms with Crippen molar-refractivity contribution in [1.82, 2.24) is 15.2 Å². The van der Waals surface area contributed by atoms with E-state index < -0.39 is 0 Å². The third-order valence-corrected chi connectivity index (χ3v) is 3.03. The van der Waals surface area contributed by atoms with Crippen molar-refractivity contribution in [2.45, 2.75) is 25.8 Å². The van der Waals surface area contributed by atoms with E-state index in [-0.39, 0.29) is 0 Å². The van der Waals surface area contributed by atoms with E-state index >= 15 is 0 Å². The number of carbonyl (C=O) groups excluding carboxylic acids is 1. The van der Waals surface area contributed by atoms with E-state index in [0.29, 0.717) is 5.91 Å². The molecule has 0 radical (unpaired) electrons. The quantitative estimate of drug-likeness (QED) is 0.751. The average Bonchev–Trinajstić information content (AvgIpc) is 2.76. The number of amides is 1. The van der Waals surface area contributed by atoms with Crippen LogP contribution in [0.2, 0.25) is 0 Å². The lowest BCUT2D eigenvalue weighted by molar-refractivity contribution is -0.127. The first-order chi connectivity index (χ1) is 8.36. The van der Waals surface area contributed by atoms with Crippen molar-refractivity contribution in [2.75, 3.05) is 19.6 Å². The zero-order valence-corrected chi connectivity index (χ0v) is 10.1. The molecule has 0 spiro atoms. The van der Waals surface area contributed by atoms with Crippen LogP contribution in [0, 0.1) is 0 Å². The van der Waals surface area contributed by atoms with Crippen LogP contribution in [-0.4, -0.2) is 35.4 Å². The Morgan fingerprint density at radius 2 is 2.18 bits per heavy atom. The van der Waals surface area contributed by atoms with Crippen molar-refractivity contribution >= 4 is 5.91 Å². The van der Waals surface area contributed by atoms with Gasteiger partial charge in [-0.3, -0.25) is 9.78 Å². The number of nitrogens with zero attached hydrogens (tertiary/aromatic N) is 2. The second-order valence-electron chi connectivity index (χ2n) is 4.37. The van der Waals surface area contributed by atoms with Gasteiger partial charge in [-0.15, -0.1) is 0 Å². The van der Waals surface area contributed by atoms with E-state index in [1.165, 1.54) is 5.56 Å². The molecule has 1 aromatic rings. The molecule has 0 aromatic carbocycles. The molecule has 0 aliphatic carbocycles. The van der Waals surface area contributed by atoms with Gasteiger partial charge in [0.2, 0.25) is 5.91 Å². The van der Waals surface area contributed by atoms with Gasteiger partial charge in [-0.1, -0.05) is 0 Å². The predicted molar refractivity (Wildman–Crippen MR) is 66.4 cm³/mol. The number of carbonyl (C=O) groups is 1. The van der Waals surface area contributed by atoms with Crippen LogP contribution in [0.1, 0.15) is 24.8 Å². The number of nitrogens with one attached hydrogen (secondary N) is 1. The molecule has 1 N–H and O–H groups in total. The van der Waals surface area contributed by atoms with Gasteiger partial charge in [0.1, 0.15) is 0 Å². The van der Waals surface area contributed by atoms with Crippen molar-refractivity contribution in [1.29, 1.82) is 0 Å². The van der Waals surface area contributed by atoms with Crippen LogP contribution in [0.3, 0.4) is 0 Å². The summed E-state index contributed by atoms with van der Waals surface area (Å²) < 4.78 is 0. The van der Waals surface area contributed by atoms with Crippen LogP contribution < -0.4 is 5.32 Å². The van der Waals surface area contributed by atoms with Crippen molar-refractivity contribution in [3.8, 4) is 0 Å². The molecule has 17 heavy (non-hydrogen) atoms. The van der Waals surface area contributed by atoms with E-state index in [2.05, 4.69) is 10.3 Å². The number of rotatable bonds is 6. The van der Waals surface area contributed by atoms with Crippen LogP contribution in [-0.2, 0) is 11.3 Å². The fourth-order valence-electron chi connectivity index (χ4n) is 2.07. The van der Waals surface area contributed by atoms with E-state index in [1.54, 1.807) is 12.4 Å². The smallest absolute Gasteiger partial charge is 0.222 e. The lowest BCUT2D eigenvalue weighted by Crippen LogP contribution is -2.28. The number of hydrogen-bond acceptors (Lipinski definition) is 3. The lowest BCUT2D eigenvalue weighted by Gasteiger charge is -2.15. The molecule has 0 saturated carbocycles. The predicted octanol–water partition coefficient (Wildman–Crippen LogP) is 1.18. The van der Waals surface area contributed by atoms with Gasteiger partial charge in [-0.25, -0.2) is 0 Å².